The van der Waals surface area contributed by atoms with Crippen LogP contribution in [0, 0.1) is 11.8 Å². The number of hydrogen-bond donors (Lipinski definition) is 2. The number of piperidine rings is 1. The van der Waals surface area contributed by atoms with Gasteiger partial charge >= 0.3 is 18.4 Å². The quantitative estimate of drug-likeness (QED) is 0.523. The van der Waals surface area contributed by atoms with Crippen molar-refractivity contribution >= 4 is 18.2 Å². The molecule has 2 amide bonds. The zero-order valence-corrected chi connectivity index (χ0v) is 16.4. The smallest absolute Gasteiger partial charge is 0.416 e. The molecule has 2 aromatic rings. The van der Waals surface area contributed by atoms with E-state index in [-0.39, 0.29) is 29.8 Å². The number of carboxylic acid groups (broad SMARTS) is 1. The highest BCUT2D eigenvalue weighted by Crippen LogP contribution is 2.45. The minimum atomic E-state index is -5.00. The minimum Gasteiger partial charge on any atom is -0.465 e. The van der Waals surface area contributed by atoms with E-state index in [0.717, 1.165) is 17.1 Å². The molecular formula is C19H15F6N5O3. The molecule has 2 aliphatic rings. The van der Waals surface area contributed by atoms with Gasteiger partial charge in [-0.3, -0.25) is 4.79 Å². The standard InChI is InChI=1S/C19H15F6N5O3/c20-18(21,22)10-3-9(4-11(5-10)19(23,24)25)16-26-8-30(28-16)2-1-14(31)29-6-12-13(7-29)15(12)27-17(32)33/h1-5,8,12-13,15,27H,6-7H2,(H,32,33)/b2-1+. The van der Waals surface area contributed by atoms with Crippen LogP contribution in [0.1, 0.15) is 11.1 Å². The van der Waals surface area contributed by atoms with Crippen LogP contribution in [0.25, 0.3) is 17.6 Å². The number of hydrogen-bond acceptors (Lipinski definition) is 4. The Balaban J connectivity index is 1.46. The SMILES string of the molecule is O=C(O)NC1C2CN(C(=O)/C=C/n3cnc(-c4cc(C(F)(F)F)cc(C(F)(F)F)c4)n3)CC21. The van der Waals surface area contributed by atoms with Crippen molar-refractivity contribution in [2.24, 2.45) is 11.8 Å². The number of likely N-dealkylation sites (tertiary alicyclic amines) is 1. The second-order valence-corrected chi connectivity index (χ2v) is 7.70. The van der Waals surface area contributed by atoms with Crippen molar-refractivity contribution in [3.8, 4) is 11.4 Å². The minimum absolute atomic E-state index is 0.0101. The zero-order valence-electron chi connectivity index (χ0n) is 16.4. The highest BCUT2D eigenvalue weighted by molar-refractivity contribution is 5.90. The summed E-state index contributed by atoms with van der Waals surface area (Å²) < 4.78 is 79.2. The lowest BCUT2D eigenvalue weighted by Gasteiger charge is -2.17. The Morgan fingerprint density at radius 3 is 2.12 bits per heavy atom. The van der Waals surface area contributed by atoms with E-state index in [0.29, 0.717) is 25.2 Å². The Hall–Kier alpha value is -3.58. The summed E-state index contributed by atoms with van der Waals surface area (Å²) in [5, 5.41) is 14.9. The van der Waals surface area contributed by atoms with Crippen LogP contribution in [0.15, 0.2) is 30.6 Å². The van der Waals surface area contributed by atoms with Crippen molar-refractivity contribution < 1.29 is 41.0 Å². The number of amides is 2. The van der Waals surface area contributed by atoms with Gasteiger partial charge in [-0.25, -0.2) is 14.5 Å². The number of aromatic nitrogens is 3. The Morgan fingerprint density at radius 2 is 1.61 bits per heavy atom. The third-order valence-electron chi connectivity index (χ3n) is 5.52. The van der Waals surface area contributed by atoms with Gasteiger partial charge in [-0.1, -0.05) is 0 Å². The average molecular weight is 475 g/mol. The van der Waals surface area contributed by atoms with Crippen LogP contribution in [0.3, 0.4) is 0 Å². The summed E-state index contributed by atoms with van der Waals surface area (Å²) in [5.41, 5.74) is -3.46. The Bertz CT molecular complexity index is 1080. The fourth-order valence-electron chi connectivity index (χ4n) is 3.87. The average Bonchev–Trinajstić information content (AvgIpc) is 3.11. The molecule has 8 nitrogen and oxygen atoms in total. The summed E-state index contributed by atoms with van der Waals surface area (Å²) in [6.07, 6.45) is -7.77. The molecule has 4 rings (SSSR count). The molecule has 1 aromatic carbocycles. The molecule has 2 heterocycles. The van der Waals surface area contributed by atoms with Gasteiger partial charge in [0.2, 0.25) is 5.91 Å². The van der Waals surface area contributed by atoms with Crippen LogP contribution in [0.4, 0.5) is 31.1 Å². The third-order valence-corrected chi connectivity index (χ3v) is 5.52. The van der Waals surface area contributed by atoms with Crippen LogP contribution in [0.2, 0.25) is 0 Å². The van der Waals surface area contributed by atoms with Crippen LogP contribution < -0.4 is 5.32 Å². The van der Waals surface area contributed by atoms with Gasteiger partial charge in [0.15, 0.2) is 5.82 Å². The summed E-state index contributed by atoms with van der Waals surface area (Å²) in [6, 6.07) is 0.863. The monoisotopic (exact) mass is 475 g/mol. The topological polar surface area (TPSA) is 100 Å². The second kappa shape index (κ2) is 7.78. The maximum absolute atomic E-state index is 13.0. The van der Waals surface area contributed by atoms with Crippen LogP contribution in [0.5, 0.6) is 0 Å². The number of fused-ring (bicyclic) bond motifs is 1. The predicted octanol–water partition coefficient (Wildman–Crippen LogP) is 3.18. The zero-order chi connectivity index (χ0) is 24.1. The van der Waals surface area contributed by atoms with Gasteiger partial charge in [0, 0.05) is 48.8 Å². The Labute approximate surface area is 181 Å². The van der Waals surface area contributed by atoms with Crippen molar-refractivity contribution in [3.63, 3.8) is 0 Å². The molecular weight excluding hydrogens is 460 g/mol. The van der Waals surface area contributed by atoms with Gasteiger partial charge in [0.05, 0.1) is 11.1 Å². The molecule has 1 saturated heterocycles. The lowest BCUT2D eigenvalue weighted by molar-refractivity contribution is -0.143. The lowest BCUT2D eigenvalue weighted by atomic mass is 10.0. The number of carbonyl (C=O) groups is 2. The van der Waals surface area contributed by atoms with E-state index in [4.69, 9.17) is 5.11 Å². The maximum atomic E-state index is 13.0. The van der Waals surface area contributed by atoms with Crippen molar-refractivity contribution in [1.82, 2.24) is 25.0 Å². The molecule has 1 aliphatic heterocycles. The molecule has 2 atom stereocenters. The first-order valence-electron chi connectivity index (χ1n) is 9.50. The van der Waals surface area contributed by atoms with E-state index in [1.54, 1.807) is 0 Å². The normalized spacial score (nSPS) is 22.5. The van der Waals surface area contributed by atoms with E-state index in [1.165, 1.54) is 11.1 Å². The largest absolute Gasteiger partial charge is 0.465 e. The number of benzene rings is 1. The van der Waals surface area contributed by atoms with Crippen molar-refractivity contribution in [3.05, 3.63) is 41.7 Å². The van der Waals surface area contributed by atoms with Crippen molar-refractivity contribution in [2.45, 2.75) is 18.4 Å². The third kappa shape index (κ3) is 4.78. The van der Waals surface area contributed by atoms with Crippen LogP contribution in [-0.4, -0.2) is 55.9 Å². The van der Waals surface area contributed by atoms with Crippen molar-refractivity contribution in [1.29, 1.82) is 0 Å². The Kier molecular flexibility index (Phi) is 5.33. The van der Waals surface area contributed by atoms with Gasteiger partial charge in [-0.2, -0.15) is 26.3 Å². The number of nitrogens with one attached hydrogen (secondary N) is 1. The fourth-order valence-corrected chi connectivity index (χ4v) is 3.87. The van der Waals surface area contributed by atoms with E-state index in [2.05, 4.69) is 15.4 Å². The number of rotatable bonds is 4. The first kappa shape index (κ1) is 22.6. The summed E-state index contributed by atoms with van der Waals surface area (Å²) >= 11 is 0. The number of carbonyl (C=O) groups excluding carboxylic acids is 1. The first-order chi connectivity index (χ1) is 15.3. The van der Waals surface area contributed by atoms with E-state index >= 15 is 0 Å². The molecule has 33 heavy (non-hydrogen) atoms. The van der Waals surface area contributed by atoms with E-state index in [9.17, 15) is 35.9 Å². The maximum Gasteiger partial charge on any atom is 0.416 e. The predicted molar refractivity (Wildman–Crippen MR) is 99.3 cm³/mol. The van der Waals surface area contributed by atoms with Gasteiger partial charge in [0.25, 0.3) is 0 Å². The van der Waals surface area contributed by atoms with Crippen LogP contribution >= 0.6 is 0 Å². The summed E-state index contributed by atoms with van der Waals surface area (Å²) in [4.78, 5) is 28.2. The van der Waals surface area contributed by atoms with Crippen LogP contribution in [-0.2, 0) is 17.1 Å². The van der Waals surface area contributed by atoms with Gasteiger partial charge in [-0.15, -0.1) is 5.10 Å². The lowest BCUT2D eigenvalue weighted by Crippen LogP contribution is -2.36. The van der Waals surface area contributed by atoms with Gasteiger partial charge in [-0.05, 0) is 18.2 Å². The molecule has 0 spiro atoms. The summed E-state index contributed by atoms with van der Waals surface area (Å²) in [5.74, 6) is -0.694. The highest BCUT2D eigenvalue weighted by atomic mass is 19.4. The Morgan fingerprint density at radius 1 is 1.03 bits per heavy atom. The number of nitrogens with zero attached hydrogens (tertiary/aromatic N) is 4. The fraction of sp³-hybridized carbons (Fsp3) is 0.368. The molecule has 2 fully saturated rings. The summed E-state index contributed by atoms with van der Waals surface area (Å²) in [7, 11) is 0. The highest BCUT2D eigenvalue weighted by Gasteiger charge is 2.57. The number of halogens is 6. The molecule has 1 aliphatic carbocycles. The van der Waals surface area contributed by atoms with E-state index < -0.39 is 41.0 Å². The second-order valence-electron chi connectivity index (χ2n) is 7.70. The van der Waals surface area contributed by atoms with Gasteiger partial charge in [0.1, 0.15) is 6.33 Å². The molecule has 14 heteroatoms. The molecule has 176 valence electrons. The molecule has 0 radical (unpaired) electrons. The summed E-state index contributed by atoms with van der Waals surface area (Å²) in [6.45, 7) is 0.734. The molecule has 1 aromatic heterocycles. The first-order valence-corrected chi connectivity index (χ1v) is 9.50. The number of alkyl halides is 6. The van der Waals surface area contributed by atoms with Gasteiger partial charge < -0.3 is 15.3 Å². The van der Waals surface area contributed by atoms with Crippen molar-refractivity contribution in [2.75, 3.05) is 13.1 Å². The molecule has 2 N–H and O–H groups in total. The molecule has 1 saturated carbocycles. The van der Waals surface area contributed by atoms with E-state index in [1.807, 2.05) is 0 Å². The molecule has 0 bridgehead atoms. The molecule has 2 unspecified atom stereocenters.